The molecule has 0 fully saturated rings. The molecule has 0 bridgehead atoms. The van der Waals surface area contributed by atoms with Gasteiger partial charge in [-0.25, -0.2) is 9.97 Å². The summed E-state index contributed by atoms with van der Waals surface area (Å²) in [6.45, 7) is 5.55. The zero-order chi connectivity index (χ0) is 14.0. The second-order valence-electron chi connectivity index (χ2n) is 4.33. The highest BCUT2D eigenvalue weighted by atomic mass is 79.9. The average Bonchev–Trinajstić information content (AvgIpc) is 2.32. The first-order chi connectivity index (χ1) is 8.99. The van der Waals surface area contributed by atoms with Crippen LogP contribution in [-0.2, 0) is 0 Å². The molecule has 4 nitrogen and oxygen atoms in total. The molecule has 1 N–H and O–H groups in total. The zero-order valence-corrected chi connectivity index (χ0v) is 12.6. The van der Waals surface area contributed by atoms with E-state index in [1.807, 2.05) is 25.1 Å². The van der Waals surface area contributed by atoms with Gasteiger partial charge in [-0.1, -0.05) is 15.9 Å². The Balaban J connectivity index is 2.31. The van der Waals surface area contributed by atoms with Gasteiger partial charge in [0.1, 0.15) is 6.33 Å². The largest absolute Gasteiger partial charge is 0.322 e. The minimum Gasteiger partial charge on any atom is -0.322 e. The Bertz CT molecular complexity index is 620. The highest BCUT2D eigenvalue weighted by Gasteiger charge is 2.14. The Morgan fingerprint density at radius 1 is 1.16 bits per heavy atom. The molecule has 0 aliphatic carbocycles. The molecule has 0 aliphatic rings. The summed E-state index contributed by atoms with van der Waals surface area (Å²) in [5.41, 5.74) is 3.68. The standard InChI is InChI=1S/C14H14BrN3O/c1-8-6-11(15)4-5-12(8)18-14(19)13-9(2)16-7-17-10(13)3/h4-7H,1-3H3,(H,18,19). The van der Waals surface area contributed by atoms with Gasteiger partial charge in [-0.15, -0.1) is 0 Å². The van der Waals surface area contributed by atoms with Gasteiger partial charge in [0.25, 0.3) is 5.91 Å². The molecule has 2 rings (SSSR count). The van der Waals surface area contributed by atoms with Crippen molar-refractivity contribution in [3.8, 4) is 0 Å². The molecule has 0 unspecified atom stereocenters. The topological polar surface area (TPSA) is 54.9 Å². The summed E-state index contributed by atoms with van der Waals surface area (Å²) in [5, 5.41) is 2.90. The molecule has 0 spiro atoms. The lowest BCUT2D eigenvalue weighted by atomic mass is 10.1. The van der Waals surface area contributed by atoms with Crippen LogP contribution in [-0.4, -0.2) is 15.9 Å². The molecule has 0 saturated heterocycles. The van der Waals surface area contributed by atoms with E-state index in [2.05, 4.69) is 31.2 Å². The number of hydrogen-bond donors (Lipinski definition) is 1. The molecule has 0 aliphatic heterocycles. The van der Waals surface area contributed by atoms with Crippen LogP contribution >= 0.6 is 15.9 Å². The maximum absolute atomic E-state index is 12.3. The third kappa shape index (κ3) is 2.98. The van der Waals surface area contributed by atoms with Crippen molar-refractivity contribution in [3.63, 3.8) is 0 Å². The van der Waals surface area contributed by atoms with Crippen LogP contribution in [0, 0.1) is 20.8 Å². The number of halogens is 1. The first kappa shape index (κ1) is 13.7. The van der Waals surface area contributed by atoms with Crippen LogP contribution < -0.4 is 5.32 Å². The summed E-state index contributed by atoms with van der Waals surface area (Å²) in [5.74, 6) is -0.180. The Kier molecular flexibility index (Phi) is 3.95. The van der Waals surface area contributed by atoms with Crippen LogP contribution in [0.15, 0.2) is 29.0 Å². The van der Waals surface area contributed by atoms with Gasteiger partial charge in [-0.05, 0) is 44.5 Å². The van der Waals surface area contributed by atoms with Crippen molar-refractivity contribution in [2.45, 2.75) is 20.8 Å². The van der Waals surface area contributed by atoms with Crippen molar-refractivity contribution in [1.82, 2.24) is 9.97 Å². The van der Waals surface area contributed by atoms with Crippen molar-refractivity contribution in [3.05, 3.63) is 51.5 Å². The average molecular weight is 320 g/mol. The summed E-state index contributed by atoms with van der Waals surface area (Å²) in [6.07, 6.45) is 1.46. The number of carbonyl (C=O) groups excluding carboxylic acids is 1. The summed E-state index contributed by atoms with van der Waals surface area (Å²) in [7, 11) is 0. The molecule has 0 atom stereocenters. The second-order valence-corrected chi connectivity index (χ2v) is 5.25. The summed E-state index contributed by atoms with van der Waals surface area (Å²) >= 11 is 3.40. The fourth-order valence-corrected chi connectivity index (χ4v) is 2.35. The van der Waals surface area contributed by atoms with Crippen LogP contribution in [0.5, 0.6) is 0 Å². The molecule has 19 heavy (non-hydrogen) atoms. The number of nitrogens with zero attached hydrogens (tertiary/aromatic N) is 2. The SMILES string of the molecule is Cc1cc(Br)ccc1NC(=O)c1c(C)ncnc1C. The highest BCUT2D eigenvalue weighted by molar-refractivity contribution is 9.10. The molecule has 1 aromatic carbocycles. The van der Waals surface area contributed by atoms with Crippen LogP contribution in [0.2, 0.25) is 0 Å². The quantitative estimate of drug-likeness (QED) is 0.922. The first-order valence-electron chi connectivity index (χ1n) is 5.84. The monoisotopic (exact) mass is 319 g/mol. The van der Waals surface area contributed by atoms with Crippen molar-refractivity contribution < 1.29 is 4.79 Å². The number of hydrogen-bond acceptors (Lipinski definition) is 3. The predicted octanol–water partition coefficient (Wildman–Crippen LogP) is 3.42. The zero-order valence-electron chi connectivity index (χ0n) is 11.0. The van der Waals surface area contributed by atoms with Gasteiger partial charge in [-0.3, -0.25) is 4.79 Å². The summed E-state index contributed by atoms with van der Waals surface area (Å²) < 4.78 is 0.985. The molecule has 98 valence electrons. The van der Waals surface area contributed by atoms with Crippen LogP contribution in [0.4, 0.5) is 5.69 Å². The fourth-order valence-electron chi connectivity index (χ4n) is 1.87. The Labute approximate surface area is 120 Å². The second kappa shape index (κ2) is 5.48. The van der Waals surface area contributed by atoms with Gasteiger partial charge in [0.05, 0.1) is 17.0 Å². The van der Waals surface area contributed by atoms with E-state index >= 15 is 0 Å². The number of nitrogens with one attached hydrogen (secondary N) is 1. The molecule has 2 aromatic rings. The first-order valence-corrected chi connectivity index (χ1v) is 6.64. The van der Waals surface area contributed by atoms with Gasteiger partial charge in [0.15, 0.2) is 0 Å². The number of aromatic nitrogens is 2. The number of anilines is 1. The number of benzene rings is 1. The Morgan fingerprint density at radius 3 is 2.37 bits per heavy atom. The van der Waals surface area contributed by atoms with E-state index < -0.39 is 0 Å². The summed E-state index contributed by atoms with van der Waals surface area (Å²) in [4.78, 5) is 20.4. The normalized spacial score (nSPS) is 10.3. The molecule has 1 amide bonds. The lowest BCUT2D eigenvalue weighted by Gasteiger charge is -2.11. The molecule has 0 saturated carbocycles. The molecule has 1 heterocycles. The van der Waals surface area contributed by atoms with Crippen molar-refractivity contribution in [1.29, 1.82) is 0 Å². The van der Waals surface area contributed by atoms with Gasteiger partial charge in [0.2, 0.25) is 0 Å². The van der Waals surface area contributed by atoms with Gasteiger partial charge in [-0.2, -0.15) is 0 Å². The molecular weight excluding hydrogens is 306 g/mol. The van der Waals surface area contributed by atoms with Crippen molar-refractivity contribution >= 4 is 27.5 Å². The van der Waals surface area contributed by atoms with Crippen LogP contribution in [0.3, 0.4) is 0 Å². The van der Waals surface area contributed by atoms with Gasteiger partial charge in [0, 0.05) is 10.2 Å². The van der Waals surface area contributed by atoms with E-state index in [0.29, 0.717) is 17.0 Å². The van der Waals surface area contributed by atoms with Gasteiger partial charge < -0.3 is 5.32 Å². The fraction of sp³-hybridized carbons (Fsp3) is 0.214. The van der Waals surface area contributed by atoms with E-state index in [0.717, 1.165) is 15.7 Å². The molecular formula is C14H14BrN3O. The molecule has 1 aromatic heterocycles. The van der Waals surface area contributed by atoms with E-state index in [1.165, 1.54) is 6.33 Å². The molecule has 5 heteroatoms. The number of aryl methyl sites for hydroxylation is 3. The van der Waals surface area contributed by atoms with Gasteiger partial charge >= 0.3 is 0 Å². The van der Waals surface area contributed by atoms with E-state index in [4.69, 9.17) is 0 Å². The number of rotatable bonds is 2. The van der Waals surface area contributed by atoms with E-state index in [1.54, 1.807) is 13.8 Å². The lowest BCUT2D eigenvalue weighted by molar-refractivity contribution is 0.102. The summed E-state index contributed by atoms with van der Waals surface area (Å²) in [6, 6.07) is 5.71. The Morgan fingerprint density at radius 2 is 1.79 bits per heavy atom. The Hall–Kier alpha value is -1.75. The third-order valence-electron chi connectivity index (χ3n) is 2.89. The van der Waals surface area contributed by atoms with Crippen LogP contribution in [0.1, 0.15) is 27.3 Å². The maximum Gasteiger partial charge on any atom is 0.259 e. The highest BCUT2D eigenvalue weighted by Crippen LogP contribution is 2.21. The van der Waals surface area contributed by atoms with Crippen molar-refractivity contribution in [2.24, 2.45) is 0 Å². The lowest BCUT2D eigenvalue weighted by Crippen LogP contribution is -2.17. The van der Waals surface area contributed by atoms with E-state index in [-0.39, 0.29) is 5.91 Å². The minimum absolute atomic E-state index is 0.180. The molecule has 0 radical (unpaired) electrons. The predicted molar refractivity (Wildman–Crippen MR) is 78.3 cm³/mol. The van der Waals surface area contributed by atoms with Crippen molar-refractivity contribution in [2.75, 3.05) is 5.32 Å². The number of amides is 1. The number of carbonyl (C=O) groups is 1. The van der Waals surface area contributed by atoms with Crippen LogP contribution in [0.25, 0.3) is 0 Å². The minimum atomic E-state index is -0.180. The van der Waals surface area contributed by atoms with E-state index in [9.17, 15) is 4.79 Å². The smallest absolute Gasteiger partial charge is 0.259 e. The third-order valence-corrected chi connectivity index (χ3v) is 3.38. The maximum atomic E-state index is 12.3.